The molecule has 172 valence electrons. The lowest BCUT2D eigenvalue weighted by molar-refractivity contribution is -0.151. The Morgan fingerprint density at radius 2 is 1.67 bits per heavy atom. The molecule has 7 heteroatoms. The van der Waals surface area contributed by atoms with E-state index in [9.17, 15) is 24.3 Å². The Labute approximate surface area is 192 Å². The van der Waals surface area contributed by atoms with Crippen LogP contribution in [0.2, 0.25) is 0 Å². The van der Waals surface area contributed by atoms with E-state index in [1.165, 1.54) is 6.92 Å². The van der Waals surface area contributed by atoms with E-state index >= 15 is 0 Å². The van der Waals surface area contributed by atoms with Gasteiger partial charge in [0.1, 0.15) is 5.54 Å². The number of Topliss-reactive ketones (excluding diaryl/α,β-unsaturated/α-hetero) is 1. The highest BCUT2D eigenvalue weighted by Gasteiger charge is 2.69. The van der Waals surface area contributed by atoms with Crippen molar-refractivity contribution in [2.24, 2.45) is 17.8 Å². The Bertz CT molecular complexity index is 1170. The number of fused-ring (bicyclic) bond motifs is 1. The van der Waals surface area contributed by atoms with Gasteiger partial charge in [0.05, 0.1) is 17.5 Å². The van der Waals surface area contributed by atoms with E-state index in [-0.39, 0.29) is 5.78 Å². The second kappa shape index (κ2) is 7.92. The molecule has 2 N–H and O–H groups in total. The van der Waals surface area contributed by atoms with Gasteiger partial charge in [-0.2, -0.15) is 0 Å². The number of carboxylic acids is 1. The predicted molar refractivity (Wildman–Crippen MR) is 123 cm³/mol. The Kier molecular flexibility index (Phi) is 5.48. The van der Waals surface area contributed by atoms with Gasteiger partial charge in [-0.1, -0.05) is 37.6 Å². The van der Waals surface area contributed by atoms with Crippen molar-refractivity contribution in [3.8, 4) is 0 Å². The highest BCUT2D eigenvalue weighted by molar-refractivity contribution is 6.24. The van der Waals surface area contributed by atoms with Crippen LogP contribution in [0.25, 0.3) is 0 Å². The number of hydrogen-bond acceptors (Lipinski definition) is 5. The topological polar surface area (TPSA) is 104 Å². The summed E-state index contributed by atoms with van der Waals surface area (Å²) in [5, 5.41) is 13.6. The average Bonchev–Trinajstić information content (AvgIpc) is 3.25. The second-order valence-electron chi connectivity index (χ2n) is 9.43. The van der Waals surface area contributed by atoms with Crippen LogP contribution in [0.3, 0.4) is 0 Å². The van der Waals surface area contributed by atoms with Crippen LogP contribution >= 0.6 is 0 Å². The first-order chi connectivity index (χ1) is 15.5. The van der Waals surface area contributed by atoms with E-state index < -0.39 is 47.1 Å². The maximum absolute atomic E-state index is 13.7. The van der Waals surface area contributed by atoms with Crippen molar-refractivity contribution < 1.29 is 24.3 Å². The molecular formula is C26H28N2O5. The number of nitrogens with zero attached hydrogens (tertiary/aromatic N) is 1. The molecule has 4 atom stereocenters. The van der Waals surface area contributed by atoms with Gasteiger partial charge in [0.15, 0.2) is 5.78 Å². The SMILES string of the molecule is CC(=O)c1ccc(N2C(=O)C3C(c4cc(C)ccc4C)NC(C(=O)O)(C(C)C)C3C2=O)cc1. The maximum Gasteiger partial charge on any atom is 0.325 e. The molecule has 4 rings (SSSR count). The largest absolute Gasteiger partial charge is 0.480 e. The number of aliphatic carboxylic acids is 1. The smallest absolute Gasteiger partial charge is 0.325 e. The van der Waals surface area contributed by atoms with Gasteiger partial charge >= 0.3 is 5.97 Å². The van der Waals surface area contributed by atoms with Crippen LogP contribution in [0, 0.1) is 31.6 Å². The summed E-state index contributed by atoms with van der Waals surface area (Å²) in [4.78, 5) is 52.8. The summed E-state index contributed by atoms with van der Waals surface area (Å²) in [6.07, 6.45) is 0. The molecule has 2 fully saturated rings. The Balaban J connectivity index is 1.88. The first-order valence-electron chi connectivity index (χ1n) is 11.1. The molecular weight excluding hydrogens is 420 g/mol. The van der Waals surface area contributed by atoms with Crippen LogP contribution in [0.15, 0.2) is 42.5 Å². The number of carbonyl (C=O) groups excluding carboxylic acids is 3. The number of nitrogens with one attached hydrogen (secondary N) is 1. The number of ketones is 1. The summed E-state index contributed by atoms with van der Waals surface area (Å²) in [6.45, 7) is 8.81. The number of carboxylic acid groups (broad SMARTS) is 1. The first kappa shape index (κ1) is 22.9. The predicted octanol–water partition coefficient (Wildman–Crippen LogP) is 3.44. The number of anilines is 1. The molecule has 2 saturated heterocycles. The summed E-state index contributed by atoms with van der Waals surface area (Å²) >= 11 is 0. The molecule has 0 aromatic heterocycles. The van der Waals surface area contributed by atoms with Gasteiger partial charge in [-0.15, -0.1) is 0 Å². The third-order valence-corrected chi connectivity index (χ3v) is 7.16. The minimum Gasteiger partial charge on any atom is -0.480 e. The second-order valence-corrected chi connectivity index (χ2v) is 9.43. The lowest BCUT2D eigenvalue weighted by Gasteiger charge is -2.34. The number of aryl methyl sites for hydroxylation is 2. The molecule has 33 heavy (non-hydrogen) atoms. The van der Waals surface area contributed by atoms with Gasteiger partial charge in [-0.3, -0.25) is 24.5 Å². The van der Waals surface area contributed by atoms with Crippen LogP contribution in [-0.2, 0) is 14.4 Å². The fraction of sp³-hybridized carbons (Fsp3) is 0.385. The minimum absolute atomic E-state index is 0.124. The Hall–Kier alpha value is -3.32. The lowest BCUT2D eigenvalue weighted by Crippen LogP contribution is -2.59. The fourth-order valence-electron chi connectivity index (χ4n) is 5.38. The quantitative estimate of drug-likeness (QED) is 0.537. The molecule has 4 unspecified atom stereocenters. The molecule has 2 amide bonds. The normalized spacial score (nSPS) is 26.7. The van der Waals surface area contributed by atoms with Crippen LogP contribution in [-0.4, -0.2) is 34.2 Å². The molecule has 7 nitrogen and oxygen atoms in total. The zero-order valence-corrected chi connectivity index (χ0v) is 19.4. The molecule has 2 aromatic rings. The van der Waals surface area contributed by atoms with Gasteiger partial charge in [0.25, 0.3) is 0 Å². The monoisotopic (exact) mass is 448 g/mol. The van der Waals surface area contributed by atoms with Gasteiger partial charge in [0.2, 0.25) is 11.8 Å². The molecule has 2 aromatic carbocycles. The average molecular weight is 449 g/mol. The van der Waals surface area contributed by atoms with Crippen molar-refractivity contribution >= 4 is 29.3 Å². The molecule has 0 radical (unpaired) electrons. The number of rotatable bonds is 5. The molecule has 2 aliphatic heterocycles. The summed E-state index contributed by atoms with van der Waals surface area (Å²) in [5.74, 6) is -4.59. The van der Waals surface area contributed by atoms with Crippen molar-refractivity contribution in [1.29, 1.82) is 0 Å². The zero-order valence-electron chi connectivity index (χ0n) is 19.4. The van der Waals surface area contributed by atoms with Crippen molar-refractivity contribution in [1.82, 2.24) is 5.32 Å². The maximum atomic E-state index is 13.7. The van der Waals surface area contributed by atoms with E-state index in [2.05, 4.69) is 5.32 Å². The van der Waals surface area contributed by atoms with Crippen molar-refractivity contribution in [2.45, 2.75) is 46.2 Å². The minimum atomic E-state index is -1.59. The highest BCUT2D eigenvalue weighted by Crippen LogP contribution is 2.52. The van der Waals surface area contributed by atoms with Gasteiger partial charge in [0, 0.05) is 11.6 Å². The number of carbonyl (C=O) groups is 4. The van der Waals surface area contributed by atoms with E-state index in [1.54, 1.807) is 38.1 Å². The zero-order chi connectivity index (χ0) is 24.2. The Morgan fingerprint density at radius 1 is 1.03 bits per heavy atom. The van der Waals surface area contributed by atoms with Crippen molar-refractivity contribution in [3.05, 3.63) is 64.7 Å². The number of amides is 2. The van der Waals surface area contributed by atoms with Crippen molar-refractivity contribution in [3.63, 3.8) is 0 Å². The summed E-state index contributed by atoms with van der Waals surface area (Å²) in [6, 6.07) is 11.5. The first-order valence-corrected chi connectivity index (χ1v) is 11.1. The number of imide groups is 1. The van der Waals surface area contributed by atoms with E-state index in [1.807, 2.05) is 32.0 Å². The lowest BCUT2D eigenvalue weighted by atomic mass is 9.73. The van der Waals surface area contributed by atoms with Crippen LogP contribution in [0.4, 0.5) is 5.69 Å². The van der Waals surface area contributed by atoms with Crippen LogP contribution in [0.5, 0.6) is 0 Å². The highest BCUT2D eigenvalue weighted by atomic mass is 16.4. The van der Waals surface area contributed by atoms with E-state index in [0.29, 0.717) is 11.3 Å². The summed E-state index contributed by atoms with van der Waals surface area (Å²) < 4.78 is 0. The third kappa shape index (κ3) is 3.30. The summed E-state index contributed by atoms with van der Waals surface area (Å²) in [7, 11) is 0. The van der Waals surface area contributed by atoms with Gasteiger partial charge in [-0.25, -0.2) is 4.90 Å². The molecule has 2 heterocycles. The van der Waals surface area contributed by atoms with Crippen LogP contribution in [0.1, 0.15) is 53.9 Å². The molecule has 2 aliphatic rings. The summed E-state index contributed by atoms with van der Waals surface area (Å²) in [5.41, 5.74) is 1.95. The molecule has 0 bridgehead atoms. The molecule has 0 saturated carbocycles. The fourth-order valence-corrected chi connectivity index (χ4v) is 5.38. The third-order valence-electron chi connectivity index (χ3n) is 7.16. The molecule has 0 aliphatic carbocycles. The number of benzene rings is 2. The van der Waals surface area contributed by atoms with Crippen molar-refractivity contribution in [2.75, 3.05) is 4.90 Å². The van der Waals surface area contributed by atoms with Gasteiger partial charge in [-0.05, 0) is 62.1 Å². The Morgan fingerprint density at radius 3 is 2.21 bits per heavy atom. The van der Waals surface area contributed by atoms with E-state index in [0.717, 1.165) is 21.6 Å². The van der Waals surface area contributed by atoms with Crippen LogP contribution < -0.4 is 10.2 Å². The standard InChI is InChI=1S/C26H28N2O5/c1-13(2)26(25(32)33)21-20(22(27-26)19-12-14(3)6-7-15(19)4)23(30)28(24(21)31)18-10-8-17(9-11-18)16(5)29/h6-13,20-22,27H,1-5H3,(H,32,33). The van der Waals surface area contributed by atoms with Gasteiger partial charge < -0.3 is 5.11 Å². The molecule has 0 spiro atoms. The number of hydrogen-bond donors (Lipinski definition) is 2. The van der Waals surface area contributed by atoms with E-state index in [4.69, 9.17) is 0 Å².